The molecule has 2 aromatic rings. The molecule has 33 heavy (non-hydrogen) atoms. The predicted octanol–water partition coefficient (Wildman–Crippen LogP) is 3.93. The third-order valence-corrected chi connectivity index (χ3v) is 6.55. The Hall–Kier alpha value is -3.14. The summed E-state index contributed by atoms with van der Waals surface area (Å²) in [4.78, 5) is 34.1. The maximum Gasteiger partial charge on any atom is 0.335 e. The first kappa shape index (κ1) is 26.1. The predicted molar refractivity (Wildman–Crippen MR) is 117 cm³/mol. The normalized spacial score (nSPS) is 12.2. The van der Waals surface area contributed by atoms with Crippen molar-refractivity contribution in [3.63, 3.8) is 0 Å². The summed E-state index contributed by atoms with van der Waals surface area (Å²) in [6.45, 7) is 3.82. The lowest BCUT2D eigenvalue weighted by Gasteiger charge is -2.17. The lowest BCUT2D eigenvalue weighted by molar-refractivity contribution is -0.387. The molecule has 0 spiro atoms. The lowest BCUT2D eigenvalue weighted by atomic mass is 10.0. The number of nitrogens with zero attached hydrogens (tertiary/aromatic N) is 1. The largest absolute Gasteiger partial charge is 0.480 e. The van der Waals surface area contributed by atoms with E-state index in [1.165, 1.54) is 18.2 Å². The van der Waals surface area contributed by atoms with Gasteiger partial charge in [-0.15, -0.1) is 0 Å². The van der Waals surface area contributed by atoms with E-state index in [0.717, 1.165) is 12.1 Å². The molecule has 0 radical (unpaired) electrons. The molecule has 1 atom stereocenters. The maximum atomic E-state index is 13.5. The summed E-state index contributed by atoms with van der Waals surface area (Å²) in [5.41, 5.74) is 0.145. The second kappa shape index (κ2) is 11.6. The zero-order valence-corrected chi connectivity index (χ0v) is 18.9. The quantitative estimate of drug-likeness (QED) is 0.263. The van der Waals surface area contributed by atoms with Crippen LogP contribution in [-0.2, 0) is 31.0 Å². The average Bonchev–Trinajstić information content (AvgIpc) is 2.74. The fraction of sp³-hybridized carbons (Fsp3) is 0.333. The second-order valence-electron chi connectivity index (χ2n) is 6.91. The number of amides is 1. The molecule has 0 saturated heterocycles. The molecule has 0 aliphatic rings. The molecule has 2 aromatic carbocycles. The molecule has 0 saturated carbocycles. The number of nitro benzene ring substituents is 1. The minimum absolute atomic E-state index is 0.0116. The SMILES string of the molecule is CCOP(=O)(Cc1ccc(C(=O)N[C@@H](Cc2ccc(F)c([N+](=O)[O-])c2)C(=O)O)cc1)OCC. The third kappa shape index (κ3) is 7.45. The lowest BCUT2D eigenvalue weighted by Crippen LogP contribution is -2.42. The molecule has 0 aromatic heterocycles. The highest BCUT2D eigenvalue weighted by Crippen LogP contribution is 2.51. The van der Waals surface area contributed by atoms with Gasteiger partial charge in [0.15, 0.2) is 0 Å². The van der Waals surface area contributed by atoms with Gasteiger partial charge in [-0.2, -0.15) is 4.39 Å². The molecule has 0 heterocycles. The molecule has 0 aliphatic heterocycles. The van der Waals surface area contributed by atoms with Crippen LogP contribution in [-0.4, -0.2) is 41.2 Å². The van der Waals surface area contributed by atoms with E-state index in [0.29, 0.717) is 5.56 Å². The fourth-order valence-electron chi connectivity index (χ4n) is 3.01. The summed E-state index contributed by atoms with van der Waals surface area (Å²) < 4.78 is 36.6. The zero-order chi connectivity index (χ0) is 24.6. The number of benzene rings is 2. The highest BCUT2D eigenvalue weighted by molar-refractivity contribution is 7.53. The van der Waals surface area contributed by atoms with Crippen molar-refractivity contribution in [1.29, 1.82) is 0 Å². The summed E-state index contributed by atoms with van der Waals surface area (Å²) in [5, 5.41) is 22.7. The summed E-state index contributed by atoms with van der Waals surface area (Å²) >= 11 is 0. The van der Waals surface area contributed by atoms with Crippen LogP contribution in [0.25, 0.3) is 0 Å². The van der Waals surface area contributed by atoms with Gasteiger partial charge < -0.3 is 19.5 Å². The highest BCUT2D eigenvalue weighted by Gasteiger charge is 2.25. The minimum atomic E-state index is -3.32. The molecular formula is C21H24FN2O8P. The summed E-state index contributed by atoms with van der Waals surface area (Å²) in [6.07, 6.45) is -0.274. The van der Waals surface area contributed by atoms with E-state index < -0.39 is 41.9 Å². The van der Waals surface area contributed by atoms with Crippen LogP contribution in [0, 0.1) is 15.9 Å². The summed E-state index contributed by atoms with van der Waals surface area (Å²) in [5.74, 6) is -3.09. The molecular weight excluding hydrogens is 458 g/mol. The third-order valence-electron chi connectivity index (χ3n) is 4.49. The van der Waals surface area contributed by atoms with Gasteiger partial charge in [0.25, 0.3) is 5.91 Å². The van der Waals surface area contributed by atoms with Crippen molar-refractivity contribution in [1.82, 2.24) is 5.32 Å². The first-order valence-electron chi connectivity index (χ1n) is 10.0. The van der Waals surface area contributed by atoms with E-state index in [1.807, 2.05) is 0 Å². The molecule has 2 rings (SSSR count). The molecule has 2 N–H and O–H groups in total. The Kier molecular flexibility index (Phi) is 9.22. The number of nitro groups is 1. The van der Waals surface area contributed by atoms with Gasteiger partial charge in [0.1, 0.15) is 6.04 Å². The van der Waals surface area contributed by atoms with E-state index in [9.17, 15) is 33.8 Å². The second-order valence-corrected chi connectivity index (χ2v) is 8.97. The van der Waals surface area contributed by atoms with Crippen molar-refractivity contribution in [2.75, 3.05) is 13.2 Å². The Morgan fingerprint density at radius 1 is 1.12 bits per heavy atom. The number of rotatable bonds is 12. The van der Waals surface area contributed by atoms with Crippen LogP contribution in [0.2, 0.25) is 0 Å². The number of carboxylic acid groups (broad SMARTS) is 1. The molecule has 10 nitrogen and oxygen atoms in total. The highest BCUT2D eigenvalue weighted by atomic mass is 31.2. The van der Waals surface area contributed by atoms with Gasteiger partial charge in [-0.1, -0.05) is 18.2 Å². The number of hydrogen-bond acceptors (Lipinski definition) is 7. The van der Waals surface area contributed by atoms with E-state index >= 15 is 0 Å². The number of hydrogen-bond donors (Lipinski definition) is 2. The van der Waals surface area contributed by atoms with Crippen molar-refractivity contribution in [3.8, 4) is 0 Å². The molecule has 0 aliphatic carbocycles. The van der Waals surface area contributed by atoms with E-state index in [1.54, 1.807) is 26.0 Å². The van der Waals surface area contributed by atoms with Crippen LogP contribution in [0.1, 0.15) is 35.3 Å². The molecule has 12 heteroatoms. The van der Waals surface area contributed by atoms with Gasteiger partial charge >= 0.3 is 19.3 Å². The van der Waals surface area contributed by atoms with E-state index in [4.69, 9.17) is 9.05 Å². The van der Waals surface area contributed by atoms with E-state index in [2.05, 4.69) is 5.32 Å². The molecule has 0 fully saturated rings. The number of aliphatic carboxylic acids is 1. The monoisotopic (exact) mass is 482 g/mol. The number of carbonyl (C=O) groups is 2. The topological polar surface area (TPSA) is 145 Å². The van der Waals surface area contributed by atoms with Gasteiger partial charge in [0.05, 0.1) is 24.3 Å². The molecule has 0 unspecified atom stereocenters. The average molecular weight is 482 g/mol. The Balaban J connectivity index is 2.11. The molecule has 0 bridgehead atoms. The van der Waals surface area contributed by atoms with Crippen molar-refractivity contribution >= 4 is 25.2 Å². The van der Waals surface area contributed by atoms with Gasteiger partial charge in [-0.25, -0.2) is 4.79 Å². The van der Waals surface area contributed by atoms with Crippen LogP contribution < -0.4 is 5.32 Å². The van der Waals surface area contributed by atoms with Crippen molar-refractivity contribution in [3.05, 3.63) is 75.1 Å². The number of nitrogens with one attached hydrogen (secondary N) is 1. The van der Waals surface area contributed by atoms with Crippen molar-refractivity contribution < 1.29 is 37.6 Å². The number of carbonyl (C=O) groups excluding carboxylic acids is 1. The Bertz CT molecular complexity index is 1050. The molecule has 178 valence electrons. The maximum absolute atomic E-state index is 13.5. The number of halogens is 1. The number of carboxylic acids is 1. The Morgan fingerprint density at radius 3 is 2.21 bits per heavy atom. The smallest absolute Gasteiger partial charge is 0.335 e. The van der Waals surface area contributed by atoms with E-state index in [-0.39, 0.29) is 36.9 Å². The summed E-state index contributed by atoms with van der Waals surface area (Å²) in [6, 6.07) is 7.60. The van der Waals surface area contributed by atoms with Gasteiger partial charge in [0, 0.05) is 18.1 Å². The zero-order valence-electron chi connectivity index (χ0n) is 18.0. The van der Waals surface area contributed by atoms with Crippen LogP contribution in [0.5, 0.6) is 0 Å². The summed E-state index contributed by atoms with van der Waals surface area (Å²) in [7, 11) is -3.32. The van der Waals surface area contributed by atoms with Crippen LogP contribution in [0.3, 0.4) is 0 Å². The first-order chi connectivity index (χ1) is 15.6. The fourth-order valence-corrected chi connectivity index (χ4v) is 4.71. The van der Waals surface area contributed by atoms with Gasteiger partial charge in [0.2, 0.25) is 5.82 Å². The molecule has 1 amide bonds. The van der Waals surface area contributed by atoms with Gasteiger partial charge in [-0.05, 0) is 43.2 Å². The standard InChI is InChI=1S/C21H24FN2O8P/c1-3-31-33(30,32-4-2)13-14-5-8-16(9-6-14)20(25)23-18(21(26)27)11-15-7-10-17(22)19(12-15)24(28)29/h5-10,12,18H,3-4,11,13H2,1-2H3,(H,23,25)(H,26,27)/t18-/m0/s1. The first-order valence-corrected chi connectivity index (χ1v) is 11.7. The Morgan fingerprint density at radius 2 is 1.70 bits per heavy atom. The van der Waals surface area contributed by atoms with Crippen LogP contribution in [0.4, 0.5) is 10.1 Å². The Labute approximate surface area is 189 Å². The minimum Gasteiger partial charge on any atom is -0.480 e. The van der Waals surface area contributed by atoms with Crippen LogP contribution in [0.15, 0.2) is 42.5 Å². The van der Waals surface area contributed by atoms with Gasteiger partial charge in [-0.3, -0.25) is 19.5 Å². The van der Waals surface area contributed by atoms with Crippen molar-refractivity contribution in [2.24, 2.45) is 0 Å². The van der Waals surface area contributed by atoms with Crippen LogP contribution >= 0.6 is 7.60 Å². The van der Waals surface area contributed by atoms with Crippen molar-refractivity contribution in [2.45, 2.75) is 32.5 Å².